The molecule has 1 aliphatic carbocycles. The molecule has 4 rings (SSSR count). The molecule has 1 atom stereocenters. The minimum atomic E-state index is -0.955. The van der Waals surface area contributed by atoms with Gasteiger partial charge in [-0.25, -0.2) is 13.2 Å². The zero-order chi connectivity index (χ0) is 28.8. The minimum Gasteiger partial charge on any atom is -0.379 e. The fraction of sp³-hybridized carbons (Fsp3) is 0.241. The van der Waals surface area contributed by atoms with Crippen LogP contribution in [0.4, 0.5) is 13.2 Å². The van der Waals surface area contributed by atoms with Gasteiger partial charge in [0.15, 0.2) is 0 Å². The molecule has 3 aromatic rings. The van der Waals surface area contributed by atoms with Crippen LogP contribution in [0.5, 0.6) is 0 Å². The summed E-state index contributed by atoms with van der Waals surface area (Å²) < 4.78 is 42.2. The molecule has 0 unspecified atom stereocenters. The number of allylic oxidation sites excluding steroid dienone is 1. The van der Waals surface area contributed by atoms with Crippen molar-refractivity contribution in [3.05, 3.63) is 100 Å². The van der Waals surface area contributed by atoms with Crippen LogP contribution in [0.1, 0.15) is 53.3 Å². The van der Waals surface area contributed by atoms with Gasteiger partial charge in [-0.15, -0.1) is 0 Å². The summed E-state index contributed by atoms with van der Waals surface area (Å²) in [6, 6.07) is 9.25. The van der Waals surface area contributed by atoms with Gasteiger partial charge in [0.05, 0.1) is 23.8 Å². The first-order chi connectivity index (χ1) is 19.1. The fourth-order valence-corrected chi connectivity index (χ4v) is 4.81. The van der Waals surface area contributed by atoms with E-state index in [9.17, 15) is 27.6 Å². The van der Waals surface area contributed by atoms with Crippen molar-refractivity contribution in [1.29, 1.82) is 0 Å². The first-order valence-corrected chi connectivity index (χ1v) is 12.7. The molecule has 0 radical (unpaired) electrons. The van der Waals surface area contributed by atoms with E-state index in [4.69, 9.17) is 11.5 Å². The van der Waals surface area contributed by atoms with Crippen LogP contribution in [-0.4, -0.2) is 29.3 Å². The molecule has 0 fully saturated rings. The van der Waals surface area contributed by atoms with E-state index in [-0.39, 0.29) is 24.1 Å². The summed E-state index contributed by atoms with van der Waals surface area (Å²) in [5.41, 5.74) is 13.0. The highest BCUT2D eigenvalue weighted by molar-refractivity contribution is 5.94. The third-order valence-electron chi connectivity index (χ3n) is 6.64. The highest BCUT2D eigenvalue weighted by Gasteiger charge is 2.23. The summed E-state index contributed by atoms with van der Waals surface area (Å²) in [6.07, 6.45) is 4.21. The lowest BCUT2D eigenvalue weighted by atomic mass is 9.94. The summed E-state index contributed by atoms with van der Waals surface area (Å²) >= 11 is 0. The van der Waals surface area contributed by atoms with Crippen molar-refractivity contribution in [2.45, 2.75) is 38.1 Å². The van der Waals surface area contributed by atoms with Crippen LogP contribution in [0, 0.1) is 17.5 Å². The second kappa shape index (κ2) is 12.5. The number of nitrogens with zero attached hydrogens (tertiary/aromatic N) is 1. The number of benzene rings is 2. The molecule has 6 N–H and O–H groups in total. The molecule has 1 aliphatic rings. The zero-order valence-corrected chi connectivity index (χ0v) is 21.5. The lowest BCUT2D eigenvalue weighted by Gasteiger charge is -2.23. The third kappa shape index (κ3) is 6.85. The molecule has 0 saturated carbocycles. The number of amides is 3. The van der Waals surface area contributed by atoms with E-state index in [2.05, 4.69) is 15.6 Å². The Bertz CT molecular complexity index is 1470. The molecule has 3 amide bonds. The van der Waals surface area contributed by atoms with Gasteiger partial charge in [0.2, 0.25) is 11.8 Å². The first-order valence-electron chi connectivity index (χ1n) is 12.7. The average Bonchev–Trinajstić information content (AvgIpc) is 2.91. The summed E-state index contributed by atoms with van der Waals surface area (Å²) in [5.74, 6) is -4.33. The summed E-state index contributed by atoms with van der Waals surface area (Å²) in [7, 11) is 0. The van der Waals surface area contributed by atoms with Gasteiger partial charge in [-0.1, -0.05) is 12.1 Å². The number of hydrogen-bond donors (Lipinski definition) is 4. The maximum atomic E-state index is 14.2. The monoisotopic (exact) mass is 551 g/mol. The van der Waals surface area contributed by atoms with Gasteiger partial charge in [-0.2, -0.15) is 0 Å². The van der Waals surface area contributed by atoms with E-state index >= 15 is 0 Å². The lowest BCUT2D eigenvalue weighted by Crippen LogP contribution is -2.38. The van der Waals surface area contributed by atoms with E-state index in [1.807, 2.05) is 0 Å². The Morgan fingerprint density at radius 1 is 0.925 bits per heavy atom. The molecule has 11 heteroatoms. The highest BCUT2D eigenvalue weighted by atomic mass is 19.1. The van der Waals surface area contributed by atoms with E-state index in [1.54, 1.807) is 12.1 Å². The van der Waals surface area contributed by atoms with Crippen molar-refractivity contribution < 1.29 is 27.6 Å². The SMILES string of the molecule is NC(=O)C1=C(NCC(=O)N[C@@H](Cc2cc(F)cc(F)c2)c2ncccc2-c2ccc(F)c(C(N)=O)c2)CCCC1. The third-order valence-corrected chi connectivity index (χ3v) is 6.64. The van der Waals surface area contributed by atoms with E-state index in [0.717, 1.165) is 37.1 Å². The number of rotatable bonds is 10. The number of pyridine rings is 1. The van der Waals surface area contributed by atoms with Gasteiger partial charge in [0.25, 0.3) is 5.91 Å². The van der Waals surface area contributed by atoms with Crippen LogP contribution >= 0.6 is 0 Å². The Balaban J connectivity index is 1.67. The molecule has 40 heavy (non-hydrogen) atoms. The topological polar surface area (TPSA) is 140 Å². The quantitative estimate of drug-likeness (QED) is 0.305. The Hall–Kier alpha value is -4.67. The number of primary amides is 2. The van der Waals surface area contributed by atoms with E-state index in [1.165, 1.54) is 18.3 Å². The molecule has 0 saturated heterocycles. The predicted molar refractivity (Wildman–Crippen MR) is 142 cm³/mol. The van der Waals surface area contributed by atoms with Crippen molar-refractivity contribution in [2.75, 3.05) is 6.54 Å². The van der Waals surface area contributed by atoms with Crippen LogP contribution in [0.3, 0.4) is 0 Å². The summed E-state index contributed by atoms with van der Waals surface area (Å²) in [6.45, 7) is -0.190. The molecule has 1 heterocycles. The maximum Gasteiger partial charge on any atom is 0.251 e. The van der Waals surface area contributed by atoms with Gasteiger partial charge in [-0.05, 0) is 73.6 Å². The van der Waals surface area contributed by atoms with Gasteiger partial charge in [0.1, 0.15) is 17.5 Å². The standard InChI is InChI=1S/C29H28F3N5O3/c30-18-10-16(11-19(31)14-18)12-25(37-26(38)15-36-24-6-2-1-4-21(24)28(33)39)27-20(5-3-9-35-27)17-7-8-23(32)22(13-17)29(34)40/h3,5,7-11,13-14,25,36H,1-2,4,6,12,15H2,(H2,33,39)(H2,34,40)(H,37,38)/t25-/m0/s1. The molecule has 208 valence electrons. The van der Waals surface area contributed by atoms with Crippen molar-refractivity contribution >= 4 is 17.7 Å². The van der Waals surface area contributed by atoms with Crippen molar-refractivity contribution in [1.82, 2.24) is 15.6 Å². The van der Waals surface area contributed by atoms with Crippen LogP contribution in [0.25, 0.3) is 11.1 Å². The molecule has 8 nitrogen and oxygen atoms in total. The Labute approximate surface area is 228 Å². The molecule has 0 spiro atoms. The van der Waals surface area contributed by atoms with Gasteiger partial charge >= 0.3 is 0 Å². The second-order valence-electron chi connectivity index (χ2n) is 9.48. The summed E-state index contributed by atoms with van der Waals surface area (Å²) in [5, 5.41) is 5.85. The maximum absolute atomic E-state index is 14.2. The highest BCUT2D eigenvalue weighted by Crippen LogP contribution is 2.30. The number of carbonyl (C=O) groups excluding carboxylic acids is 3. The lowest BCUT2D eigenvalue weighted by molar-refractivity contribution is -0.121. The predicted octanol–water partition coefficient (Wildman–Crippen LogP) is 3.57. The van der Waals surface area contributed by atoms with Crippen LogP contribution in [0.15, 0.2) is 66.0 Å². The van der Waals surface area contributed by atoms with Crippen LogP contribution < -0.4 is 22.1 Å². The number of aromatic nitrogens is 1. The van der Waals surface area contributed by atoms with Crippen molar-refractivity contribution in [2.24, 2.45) is 11.5 Å². The molecular formula is C29H28F3N5O3. The van der Waals surface area contributed by atoms with E-state index in [0.29, 0.717) is 40.9 Å². The number of nitrogens with one attached hydrogen (secondary N) is 2. The summed E-state index contributed by atoms with van der Waals surface area (Å²) in [4.78, 5) is 41.1. The average molecular weight is 552 g/mol. The van der Waals surface area contributed by atoms with Crippen LogP contribution in [0.2, 0.25) is 0 Å². The first kappa shape index (κ1) is 28.3. The Morgan fingerprint density at radius 2 is 1.65 bits per heavy atom. The fourth-order valence-electron chi connectivity index (χ4n) is 4.81. The zero-order valence-electron chi connectivity index (χ0n) is 21.5. The van der Waals surface area contributed by atoms with Crippen molar-refractivity contribution in [3.63, 3.8) is 0 Å². The minimum absolute atomic E-state index is 0.0382. The molecule has 0 bridgehead atoms. The number of nitrogens with two attached hydrogens (primary N) is 2. The second-order valence-corrected chi connectivity index (χ2v) is 9.48. The van der Waals surface area contributed by atoms with Gasteiger partial charge < -0.3 is 22.1 Å². The normalized spacial score (nSPS) is 14.0. The molecular weight excluding hydrogens is 523 g/mol. The molecule has 2 aromatic carbocycles. The number of halogens is 3. The van der Waals surface area contributed by atoms with Gasteiger partial charge in [-0.3, -0.25) is 19.4 Å². The molecule has 0 aliphatic heterocycles. The van der Waals surface area contributed by atoms with Crippen LogP contribution in [-0.2, 0) is 16.0 Å². The number of carbonyl (C=O) groups is 3. The largest absolute Gasteiger partial charge is 0.379 e. The molecule has 1 aromatic heterocycles. The van der Waals surface area contributed by atoms with E-state index < -0.39 is 41.2 Å². The Morgan fingerprint density at radius 3 is 2.35 bits per heavy atom. The van der Waals surface area contributed by atoms with Gasteiger partial charge in [0, 0.05) is 29.1 Å². The van der Waals surface area contributed by atoms with Crippen molar-refractivity contribution in [3.8, 4) is 11.1 Å². The smallest absolute Gasteiger partial charge is 0.251 e. The number of hydrogen-bond acceptors (Lipinski definition) is 5. The Kier molecular flexibility index (Phi) is 8.83.